The topological polar surface area (TPSA) is 9.23 Å². The molecule has 0 aliphatic heterocycles. The van der Waals surface area contributed by atoms with Gasteiger partial charge in [-0.3, -0.25) is 0 Å². The highest BCUT2D eigenvalue weighted by Crippen LogP contribution is 2.22. The lowest BCUT2D eigenvalue weighted by Crippen LogP contribution is -2.03. The zero-order valence-corrected chi connectivity index (χ0v) is 7.04. The molecule has 0 amide bonds. The zero-order valence-electron chi connectivity index (χ0n) is 6.29. The minimum atomic E-state index is -4.73. The Labute approximate surface area is 79.6 Å². The number of hydrogen-bond acceptors (Lipinski definition) is 1. The van der Waals surface area contributed by atoms with E-state index in [-0.39, 0.29) is 12.3 Å². The van der Waals surface area contributed by atoms with E-state index in [0.717, 1.165) is 0 Å². The van der Waals surface area contributed by atoms with Crippen molar-refractivity contribution in [1.82, 2.24) is 0 Å². The maximum atomic E-state index is 11.5. The Morgan fingerprint density at radius 3 is 1.86 bits per heavy atom. The number of ether oxygens (including phenoxy) is 1. The van der Waals surface area contributed by atoms with Crippen LogP contribution in [0.4, 0.5) is 26.3 Å². The lowest BCUT2D eigenvalue weighted by molar-refractivity contribution is -0.0822. The van der Waals surface area contributed by atoms with Gasteiger partial charge in [0, 0.05) is 0 Å². The van der Waals surface area contributed by atoms with Crippen LogP contribution in [0.2, 0.25) is 0 Å². The lowest BCUT2D eigenvalue weighted by atomic mass is 10.6. The number of hydrogen-bond donors (Lipinski definition) is 0. The smallest absolute Gasteiger partial charge is 0.414 e. The van der Waals surface area contributed by atoms with E-state index in [0.29, 0.717) is 0 Å². The Hall–Kier alpha value is -0.850. The summed E-state index contributed by atoms with van der Waals surface area (Å²) < 4.78 is 72.4. The summed E-state index contributed by atoms with van der Waals surface area (Å²) in [5.41, 5.74) is 0. The van der Waals surface area contributed by atoms with Crippen LogP contribution >= 0.6 is 11.6 Å². The molecule has 0 rings (SSSR count). The van der Waals surface area contributed by atoms with Gasteiger partial charge < -0.3 is 4.74 Å². The van der Waals surface area contributed by atoms with E-state index in [2.05, 4.69) is 4.74 Å². The van der Waals surface area contributed by atoms with Crippen LogP contribution in [0.5, 0.6) is 0 Å². The molecule has 0 radical (unpaired) electrons. The van der Waals surface area contributed by atoms with Crippen LogP contribution in [-0.4, -0.2) is 12.4 Å². The minimum Gasteiger partial charge on any atom is -0.453 e. The van der Waals surface area contributed by atoms with Crippen molar-refractivity contribution in [2.75, 3.05) is 0 Å². The molecular formula is C6H3ClF6O. The van der Waals surface area contributed by atoms with E-state index in [1.165, 1.54) is 0 Å². The van der Waals surface area contributed by atoms with Crippen LogP contribution in [0.3, 0.4) is 0 Å². The fraction of sp³-hybridized carbons (Fsp3) is 0.333. The summed E-state index contributed by atoms with van der Waals surface area (Å²) in [4.78, 5) is 0. The molecule has 0 bridgehead atoms. The predicted octanol–water partition coefficient (Wildman–Crippen LogP) is 3.72. The second-order valence-electron chi connectivity index (χ2n) is 1.95. The van der Waals surface area contributed by atoms with Gasteiger partial charge in [0.05, 0.1) is 18.4 Å². The molecule has 0 N–H and O–H groups in total. The van der Waals surface area contributed by atoms with Gasteiger partial charge in [-0.15, -0.1) is 0 Å². The van der Waals surface area contributed by atoms with Crippen LogP contribution in [0.1, 0.15) is 0 Å². The molecular weight excluding hydrogens is 238 g/mol. The Kier molecular flexibility index (Phi) is 4.31. The molecule has 0 fully saturated rings. The average molecular weight is 241 g/mol. The normalized spacial score (nSPS) is 14.9. The van der Waals surface area contributed by atoms with Gasteiger partial charge in [0.25, 0.3) is 0 Å². The molecule has 8 heteroatoms. The predicted molar refractivity (Wildman–Crippen MR) is 36.3 cm³/mol. The fourth-order valence-electron chi connectivity index (χ4n) is 0.339. The Balaban J connectivity index is 4.17. The molecule has 0 aliphatic carbocycles. The van der Waals surface area contributed by atoms with Gasteiger partial charge in [-0.05, 0) is 11.6 Å². The third-order valence-electron chi connectivity index (χ3n) is 0.715. The van der Waals surface area contributed by atoms with Gasteiger partial charge in [-0.2, -0.15) is 26.3 Å². The second-order valence-corrected chi connectivity index (χ2v) is 2.32. The molecule has 0 saturated carbocycles. The Bertz CT molecular complexity index is 238. The van der Waals surface area contributed by atoms with Gasteiger partial charge >= 0.3 is 12.4 Å². The molecule has 0 aromatic heterocycles. The summed E-state index contributed by atoms with van der Waals surface area (Å²) in [6.45, 7) is 0. The van der Waals surface area contributed by atoms with E-state index in [1.54, 1.807) is 0 Å². The van der Waals surface area contributed by atoms with Crippen molar-refractivity contribution in [3.63, 3.8) is 0 Å². The molecule has 14 heavy (non-hydrogen) atoms. The van der Waals surface area contributed by atoms with Crippen molar-refractivity contribution in [2.24, 2.45) is 0 Å². The Morgan fingerprint density at radius 1 is 1.00 bits per heavy atom. The third kappa shape index (κ3) is 9.24. The van der Waals surface area contributed by atoms with E-state index < -0.39 is 23.6 Å². The highest BCUT2D eigenvalue weighted by atomic mass is 35.5. The molecule has 0 saturated heterocycles. The van der Waals surface area contributed by atoms with Crippen molar-refractivity contribution in [2.45, 2.75) is 12.4 Å². The maximum absolute atomic E-state index is 11.5. The summed E-state index contributed by atoms with van der Waals surface area (Å²) >= 11 is 4.79. The molecule has 0 aliphatic rings. The number of allylic oxidation sites excluding steroid dienone is 2. The van der Waals surface area contributed by atoms with Crippen LogP contribution in [-0.2, 0) is 4.74 Å². The standard InChI is InChI=1S/C6H3ClF6O/c7-4(3-6(11,12)13)14-2-1-5(8,9)10/h1-3H/b2-1-,4-3-. The summed E-state index contributed by atoms with van der Waals surface area (Å²) in [7, 11) is 0. The first-order chi connectivity index (χ1) is 6.10. The average Bonchev–Trinajstić information content (AvgIpc) is 1.78. The highest BCUT2D eigenvalue weighted by Gasteiger charge is 2.25. The summed E-state index contributed by atoms with van der Waals surface area (Å²) in [6, 6.07) is 0. The monoisotopic (exact) mass is 240 g/mol. The van der Waals surface area contributed by atoms with Crippen LogP contribution < -0.4 is 0 Å². The van der Waals surface area contributed by atoms with Crippen molar-refractivity contribution >= 4 is 11.6 Å². The first kappa shape index (κ1) is 13.2. The SMILES string of the molecule is FC(F)(F)/C=C\O/C(Cl)=C\C(F)(F)F. The first-order valence-electron chi connectivity index (χ1n) is 2.96. The molecule has 0 aromatic rings. The van der Waals surface area contributed by atoms with E-state index >= 15 is 0 Å². The van der Waals surface area contributed by atoms with Gasteiger partial charge in [0.15, 0.2) is 5.22 Å². The van der Waals surface area contributed by atoms with E-state index in [1.807, 2.05) is 0 Å². The number of rotatable bonds is 2. The van der Waals surface area contributed by atoms with Crippen molar-refractivity contribution in [1.29, 1.82) is 0 Å². The van der Waals surface area contributed by atoms with Crippen LogP contribution in [0.25, 0.3) is 0 Å². The van der Waals surface area contributed by atoms with Gasteiger partial charge in [0.1, 0.15) is 0 Å². The van der Waals surface area contributed by atoms with Crippen molar-refractivity contribution in [3.05, 3.63) is 23.6 Å². The molecule has 0 spiro atoms. The summed E-state index contributed by atoms with van der Waals surface area (Å²) in [5.74, 6) is 0. The first-order valence-corrected chi connectivity index (χ1v) is 3.34. The van der Waals surface area contributed by atoms with Crippen molar-refractivity contribution in [3.8, 4) is 0 Å². The third-order valence-corrected chi connectivity index (χ3v) is 0.913. The molecule has 0 aromatic carbocycles. The van der Waals surface area contributed by atoms with Gasteiger partial charge in [-0.1, -0.05) is 0 Å². The quantitative estimate of drug-likeness (QED) is 0.528. The zero-order chi connectivity index (χ0) is 11.4. The lowest BCUT2D eigenvalue weighted by Gasteiger charge is -2.01. The summed E-state index contributed by atoms with van der Waals surface area (Å²) in [5, 5.41) is -1.20. The Morgan fingerprint density at radius 2 is 1.50 bits per heavy atom. The highest BCUT2D eigenvalue weighted by molar-refractivity contribution is 6.28. The summed E-state index contributed by atoms with van der Waals surface area (Å²) in [6.07, 6.45) is -10.2. The molecule has 0 atom stereocenters. The van der Waals surface area contributed by atoms with Crippen LogP contribution in [0.15, 0.2) is 23.6 Å². The van der Waals surface area contributed by atoms with E-state index in [4.69, 9.17) is 11.6 Å². The molecule has 0 unspecified atom stereocenters. The molecule has 0 heterocycles. The van der Waals surface area contributed by atoms with Crippen molar-refractivity contribution < 1.29 is 31.1 Å². The fourth-order valence-corrected chi connectivity index (χ4v) is 0.514. The minimum absolute atomic E-state index is 0.0184. The molecule has 1 nitrogen and oxygen atoms in total. The van der Waals surface area contributed by atoms with Gasteiger partial charge in [-0.25, -0.2) is 0 Å². The molecule has 82 valence electrons. The largest absolute Gasteiger partial charge is 0.453 e. The number of halogens is 7. The maximum Gasteiger partial charge on any atom is 0.414 e. The second kappa shape index (κ2) is 4.59. The number of alkyl halides is 6. The van der Waals surface area contributed by atoms with Crippen LogP contribution in [0, 0.1) is 0 Å². The van der Waals surface area contributed by atoms with Gasteiger partial charge in [0.2, 0.25) is 0 Å². The van der Waals surface area contributed by atoms with E-state index in [9.17, 15) is 26.3 Å².